The van der Waals surface area contributed by atoms with Gasteiger partial charge in [0.2, 0.25) is 0 Å². The molecule has 3 nitrogen and oxygen atoms in total. The molecule has 0 aliphatic heterocycles. The maximum absolute atomic E-state index is 11.9. The van der Waals surface area contributed by atoms with Crippen molar-refractivity contribution in [1.82, 2.24) is 0 Å². The molecule has 1 aromatic rings. The van der Waals surface area contributed by atoms with E-state index in [0.717, 1.165) is 12.2 Å². The number of hydrogen-bond donors (Lipinski definition) is 0. The fraction of sp³-hybridized carbons (Fsp3) is 0.562. The van der Waals surface area contributed by atoms with Crippen LogP contribution in [-0.2, 0) is 0 Å². The van der Waals surface area contributed by atoms with E-state index in [1.807, 2.05) is 6.07 Å². The molecule has 0 spiro atoms. The second-order valence-corrected chi connectivity index (χ2v) is 5.01. The quantitative estimate of drug-likeness (QED) is 0.363. The first-order chi connectivity index (χ1) is 9.72. The van der Waals surface area contributed by atoms with Crippen molar-refractivity contribution in [2.75, 3.05) is 19.6 Å². The number of Topliss-reactive ketones (excluding diaryl/α,β-unsaturated/α-hetero) is 1. The Bertz CT molecular complexity index is 418. The third-order valence-electron chi connectivity index (χ3n) is 3.06. The van der Waals surface area contributed by atoms with E-state index in [-0.39, 0.29) is 5.78 Å². The van der Waals surface area contributed by atoms with Crippen molar-refractivity contribution in [1.29, 1.82) is 0 Å². The topological polar surface area (TPSA) is 35.5 Å². The highest BCUT2D eigenvalue weighted by Crippen LogP contribution is 2.26. The van der Waals surface area contributed by atoms with Crippen LogP contribution in [0.1, 0.15) is 49.4 Å². The van der Waals surface area contributed by atoms with E-state index in [4.69, 9.17) is 21.1 Å². The number of halogens is 1. The highest BCUT2D eigenvalue weighted by Gasteiger charge is 2.12. The number of hydrogen-bond acceptors (Lipinski definition) is 3. The largest absolute Gasteiger partial charge is 0.496 e. The maximum Gasteiger partial charge on any atom is 0.167 e. The van der Waals surface area contributed by atoms with Gasteiger partial charge >= 0.3 is 0 Å². The van der Waals surface area contributed by atoms with Gasteiger partial charge in [0, 0.05) is 18.4 Å². The Morgan fingerprint density at radius 1 is 1.25 bits per heavy atom. The Hall–Kier alpha value is -1.22. The van der Waals surface area contributed by atoms with E-state index in [0.29, 0.717) is 30.2 Å². The molecule has 4 heteroatoms. The van der Waals surface area contributed by atoms with Gasteiger partial charge in [0.05, 0.1) is 19.3 Å². The fourth-order valence-electron chi connectivity index (χ4n) is 1.93. The molecule has 0 saturated carbocycles. The number of carbonyl (C=O) groups is 1. The Kier molecular flexibility index (Phi) is 8.12. The van der Waals surface area contributed by atoms with E-state index in [1.54, 1.807) is 19.2 Å². The van der Waals surface area contributed by atoms with Crippen LogP contribution in [0.4, 0.5) is 0 Å². The second kappa shape index (κ2) is 9.65. The molecule has 0 aliphatic carbocycles. The zero-order valence-corrected chi connectivity index (χ0v) is 13.0. The lowest BCUT2D eigenvalue weighted by Gasteiger charge is -2.11. The van der Waals surface area contributed by atoms with Crippen molar-refractivity contribution >= 4 is 17.4 Å². The maximum atomic E-state index is 11.9. The SMILES string of the molecule is CCCCCCOc1ccc(C(=O)CCCl)c(OC)c1. The first kappa shape index (κ1) is 16.8. The Balaban J connectivity index is 2.60. The summed E-state index contributed by atoms with van der Waals surface area (Å²) in [4.78, 5) is 11.9. The van der Waals surface area contributed by atoms with Crippen LogP contribution in [0.2, 0.25) is 0 Å². The van der Waals surface area contributed by atoms with Crippen LogP contribution < -0.4 is 9.47 Å². The summed E-state index contributed by atoms with van der Waals surface area (Å²) >= 11 is 5.60. The number of methoxy groups -OCH3 is 1. The first-order valence-electron chi connectivity index (χ1n) is 7.13. The van der Waals surface area contributed by atoms with Crippen LogP contribution in [0.15, 0.2) is 18.2 Å². The Labute approximate surface area is 126 Å². The molecule has 0 radical (unpaired) electrons. The number of benzene rings is 1. The molecule has 0 fully saturated rings. The lowest BCUT2D eigenvalue weighted by molar-refractivity contribution is 0.0986. The summed E-state index contributed by atoms with van der Waals surface area (Å²) < 4.78 is 10.9. The highest BCUT2D eigenvalue weighted by atomic mass is 35.5. The molecule has 0 saturated heterocycles. The van der Waals surface area contributed by atoms with Gasteiger partial charge in [-0.1, -0.05) is 26.2 Å². The molecule has 112 valence electrons. The van der Waals surface area contributed by atoms with Crippen molar-refractivity contribution in [3.05, 3.63) is 23.8 Å². The van der Waals surface area contributed by atoms with Crippen molar-refractivity contribution < 1.29 is 14.3 Å². The predicted octanol–water partition coefficient (Wildman–Crippen LogP) is 4.47. The number of carbonyl (C=O) groups excluding carboxylic acids is 1. The van der Waals surface area contributed by atoms with Gasteiger partial charge in [0.15, 0.2) is 5.78 Å². The van der Waals surface area contributed by atoms with Crippen LogP contribution in [0.25, 0.3) is 0 Å². The van der Waals surface area contributed by atoms with E-state index in [9.17, 15) is 4.79 Å². The fourth-order valence-corrected chi connectivity index (χ4v) is 2.10. The Morgan fingerprint density at radius 3 is 2.70 bits per heavy atom. The van der Waals surface area contributed by atoms with Gasteiger partial charge < -0.3 is 9.47 Å². The van der Waals surface area contributed by atoms with Crippen molar-refractivity contribution in [3.63, 3.8) is 0 Å². The van der Waals surface area contributed by atoms with Crippen molar-refractivity contribution in [3.8, 4) is 11.5 Å². The zero-order chi connectivity index (χ0) is 14.8. The molecule has 0 amide bonds. The molecular formula is C16H23ClO3. The molecular weight excluding hydrogens is 276 g/mol. The lowest BCUT2D eigenvalue weighted by atomic mass is 10.1. The van der Waals surface area contributed by atoms with E-state index in [1.165, 1.54) is 19.3 Å². The monoisotopic (exact) mass is 298 g/mol. The third-order valence-corrected chi connectivity index (χ3v) is 3.25. The number of rotatable bonds is 10. The van der Waals surface area contributed by atoms with Gasteiger partial charge in [-0.05, 0) is 18.6 Å². The van der Waals surface area contributed by atoms with E-state index < -0.39 is 0 Å². The zero-order valence-electron chi connectivity index (χ0n) is 12.3. The predicted molar refractivity (Wildman–Crippen MR) is 82.3 cm³/mol. The first-order valence-corrected chi connectivity index (χ1v) is 7.66. The summed E-state index contributed by atoms with van der Waals surface area (Å²) in [6, 6.07) is 5.32. The van der Waals surface area contributed by atoms with Crippen LogP contribution >= 0.6 is 11.6 Å². The standard InChI is InChI=1S/C16H23ClO3/c1-3-4-5-6-11-20-13-7-8-14(15(18)9-10-17)16(12-13)19-2/h7-8,12H,3-6,9-11H2,1-2H3. The van der Waals surface area contributed by atoms with Gasteiger partial charge in [0.1, 0.15) is 11.5 Å². The Morgan fingerprint density at radius 2 is 2.05 bits per heavy atom. The smallest absolute Gasteiger partial charge is 0.167 e. The molecule has 0 aromatic heterocycles. The molecule has 0 heterocycles. The molecule has 0 unspecified atom stereocenters. The molecule has 20 heavy (non-hydrogen) atoms. The van der Waals surface area contributed by atoms with Gasteiger partial charge in [-0.3, -0.25) is 4.79 Å². The van der Waals surface area contributed by atoms with Gasteiger partial charge in [-0.15, -0.1) is 11.6 Å². The van der Waals surface area contributed by atoms with Crippen LogP contribution in [0, 0.1) is 0 Å². The summed E-state index contributed by atoms with van der Waals surface area (Å²) in [5.74, 6) is 1.59. The summed E-state index contributed by atoms with van der Waals surface area (Å²) in [6.45, 7) is 2.88. The normalized spacial score (nSPS) is 10.3. The number of ether oxygens (including phenoxy) is 2. The number of unbranched alkanes of at least 4 members (excludes halogenated alkanes) is 3. The molecule has 0 N–H and O–H groups in total. The average molecular weight is 299 g/mol. The van der Waals surface area contributed by atoms with Crippen molar-refractivity contribution in [2.45, 2.75) is 39.0 Å². The minimum Gasteiger partial charge on any atom is -0.496 e. The summed E-state index contributed by atoms with van der Waals surface area (Å²) in [5, 5.41) is 0. The number of ketones is 1. The highest BCUT2D eigenvalue weighted by molar-refractivity contribution is 6.19. The van der Waals surface area contributed by atoms with Crippen LogP contribution in [0.5, 0.6) is 11.5 Å². The minimum absolute atomic E-state index is 0.00801. The second-order valence-electron chi connectivity index (χ2n) is 4.63. The van der Waals surface area contributed by atoms with Crippen LogP contribution in [-0.4, -0.2) is 25.4 Å². The third kappa shape index (κ3) is 5.41. The summed E-state index contributed by atoms with van der Waals surface area (Å²) in [5.41, 5.74) is 0.562. The summed E-state index contributed by atoms with van der Waals surface area (Å²) in [7, 11) is 1.55. The minimum atomic E-state index is -0.00801. The molecule has 1 rings (SSSR count). The van der Waals surface area contributed by atoms with Crippen molar-refractivity contribution in [2.24, 2.45) is 0 Å². The van der Waals surface area contributed by atoms with E-state index in [2.05, 4.69) is 6.92 Å². The van der Waals surface area contributed by atoms with Crippen LogP contribution in [0.3, 0.4) is 0 Å². The summed E-state index contributed by atoms with van der Waals surface area (Å²) in [6.07, 6.45) is 4.99. The molecule has 0 bridgehead atoms. The number of alkyl halides is 1. The van der Waals surface area contributed by atoms with Gasteiger partial charge in [-0.25, -0.2) is 0 Å². The lowest BCUT2D eigenvalue weighted by Crippen LogP contribution is -2.04. The average Bonchev–Trinajstić information content (AvgIpc) is 2.47. The van der Waals surface area contributed by atoms with Gasteiger partial charge in [0.25, 0.3) is 0 Å². The van der Waals surface area contributed by atoms with E-state index >= 15 is 0 Å². The molecule has 1 aromatic carbocycles. The molecule has 0 atom stereocenters. The molecule has 0 aliphatic rings. The van der Waals surface area contributed by atoms with Gasteiger partial charge in [-0.2, -0.15) is 0 Å².